The van der Waals surface area contributed by atoms with E-state index in [1.807, 2.05) is 19.9 Å². The smallest absolute Gasteiger partial charge is 0.414 e. The number of anilines is 1. The molecule has 1 aromatic carbocycles. The number of cyclic esters (lactones) is 1. The highest BCUT2D eigenvalue weighted by molar-refractivity contribution is 5.91. The Morgan fingerprint density at radius 1 is 1.30 bits per heavy atom. The van der Waals surface area contributed by atoms with Crippen molar-refractivity contribution in [3.63, 3.8) is 0 Å². The first kappa shape index (κ1) is 15.8. The van der Waals surface area contributed by atoms with Crippen LogP contribution in [0.25, 0.3) is 0 Å². The number of hydrogen-bond donors (Lipinski definition) is 2. The Labute approximate surface area is 135 Å². The average molecular weight is 318 g/mol. The van der Waals surface area contributed by atoms with Crippen molar-refractivity contribution in [2.75, 3.05) is 24.6 Å². The molecule has 0 aromatic heterocycles. The monoisotopic (exact) mass is 318 g/mol. The van der Waals surface area contributed by atoms with E-state index in [0.717, 1.165) is 23.2 Å². The van der Waals surface area contributed by atoms with Gasteiger partial charge in [0, 0.05) is 18.9 Å². The molecule has 2 saturated heterocycles. The molecule has 0 bridgehead atoms. The van der Waals surface area contributed by atoms with Crippen LogP contribution >= 0.6 is 0 Å². The molecule has 2 heterocycles. The van der Waals surface area contributed by atoms with Gasteiger partial charge in [-0.2, -0.15) is 0 Å². The highest BCUT2D eigenvalue weighted by Crippen LogP contribution is 2.33. The molecule has 3 rings (SSSR count). The van der Waals surface area contributed by atoms with Gasteiger partial charge in [-0.15, -0.1) is 0 Å². The Morgan fingerprint density at radius 3 is 2.70 bits per heavy atom. The van der Waals surface area contributed by atoms with E-state index < -0.39 is 12.2 Å². The summed E-state index contributed by atoms with van der Waals surface area (Å²) < 4.78 is 5.12. The predicted molar refractivity (Wildman–Crippen MR) is 85.6 cm³/mol. The van der Waals surface area contributed by atoms with Gasteiger partial charge < -0.3 is 15.2 Å². The van der Waals surface area contributed by atoms with Crippen molar-refractivity contribution in [1.82, 2.24) is 5.32 Å². The van der Waals surface area contributed by atoms with Gasteiger partial charge in [-0.25, -0.2) is 4.79 Å². The summed E-state index contributed by atoms with van der Waals surface area (Å²) in [6.07, 6.45) is 0.533. The van der Waals surface area contributed by atoms with E-state index in [4.69, 9.17) is 9.84 Å². The summed E-state index contributed by atoms with van der Waals surface area (Å²) in [6, 6.07) is 4.11. The number of carbonyl (C=O) groups excluding carboxylic acids is 2. The molecule has 2 N–H and O–H groups in total. The van der Waals surface area contributed by atoms with E-state index in [1.165, 1.54) is 5.56 Å². The first-order valence-electron chi connectivity index (χ1n) is 7.96. The average Bonchev–Trinajstić information content (AvgIpc) is 2.91. The fourth-order valence-corrected chi connectivity index (χ4v) is 3.37. The van der Waals surface area contributed by atoms with E-state index in [1.54, 1.807) is 4.90 Å². The number of ether oxygens (including phenoxy) is 1. The molecule has 0 spiro atoms. The number of benzene rings is 1. The number of nitrogens with one attached hydrogen (secondary N) is 1. The number of rotatable bonds is 3. The van der Waals surface area contributed by atoms with Crippen LogP contribution in [0.1, 0.15) is 35.4 Å². The Morgan fingerprint density at radius 2 is 2.09 bits per heavy atom. The zero-order chi connectivity index (χ0) is 16.6. The zero-order valence-electron chi connectivity index (χ0n) is 13.5. The minimum Gasteiger partial charge on any atom is -0.441 e. The summed E-state index contributed by atoms with van der Waals surface area (Å²) in [4.78, 5) is 24.9. The maximum Gasteiger partial charge on any atom is 0.414 e. The molecule has 6 heteroatoms. The molecule has 1 unspecified atom stereocenters. The molecule has 2 aliphatic heterocycles. The van der Waals surface area contributed by atoms with Crippen LogP contribution in [-0.2, 0) is 9.53 Å². The van der Waals surface area contributed by atoms with Gasteiger partial charge in [0.1, 0.15) is 6.10 Å². The number of carbonyl (C=O) groups is 2. The predicted octanol–water partition coefficient (Wildman–Crippen LogP) is 1.61. The van der Waals surface area contributed by atoms with Gasteiger partial charge in [-0.05, 0) is 43.0 Å². The fourth-order valence-electron chi connectivity index (χ4n) is 3.37. The zero-order valence-corrected chi connectivity index (χ0v) is 13.5. The van der Waals surface area contributed by atoms with Crippen LogP contribution in [0, 0.1) is 13.8 Å². The van der Waals surface area contributed by atoms with Crippen molar-refractivity contribution in [3.05, 3.63) is 28.8 Å². The van der Waals surface area contributed by atoms with Gasteiger partial charge in [-0.1, -0.05) is 6.07 Å². The summed E-state index contributed by atoms with van der Waals surface area (Å²) in [5.41, 5.74) is 4.15. The molecule has 2 atom stereocenters. The number of nitrogens with zero attached hydrogens (tertiary/aromatic N) is 1. The van der Waals surface area contributed by atoms with Crippen LogP contribution in [-0.4, -0.2) is 42.9 Å². The van der Waals surface area contributed by atoms with Crippen molar-refractivity contribution in [1.29, 1.82) is 0 Å². The second-order valence-electron chi connectivity index (χ2n) is 6.33. The lowest BCUT2D eigenvalue weighted by molar-refractivity contribution is -0.122. The molecule has 23 heavy (non-hydrogen) atoms. The molecular formula is C17H22N2O4. The number of aryl methyl sites for hydroxylation is 2. The van der Waals surface area contributed by atoms with Crippen LogP contribution in [0.3, 0.4) is 0 Å². The first-order valence-corrected chi connectivity index (χ1v) is 7.96. The minimum absolute atomic E-state index is 0.113. The first-order chi connectivity index (χ1) is 11.0. The lowest BCUT2D eigenvalue weighted by Gasteiger charge is -2.26. The largest absolute Gasteiger partial charge is 0.441 e. The summed E-state index contributed by atoms with van der Waals surface area (Å²) in [7, 11) is 0. The second-order valence-corrected chi connectivity index (χ2v) is 6.33. The molecule has 2 fully saturated rings. The number of amides is 2. The van der Waals surface area contributed by atoms with Crippen LogP contribution in [0.15, 0.2) is 12.1 Å². The van der Waals surface area contributed by atoms with Crippen LogP contribution in [0.5, 0.6) is 0 Å². The highest BCUT2D eigenvalue weighted by atomic mass is 16.6. The highest BCUT2D eigenvalue weighted by Gasteiger charge is 2.33. The van der Waals surface area contributed by atoms with Crippen LogP contribution in [0.4, 0.5) is 10.5 Å². The third kappa shape index (κ3) is 3.03. The van der Waals surface area contributed by atoms with Gasteiger partial charge in [-0.3, -0.25) is 9.69 Å². The molecule has 0 saturated carbocycles. The lowest BCUT2D eigenvalue weighted by Crippen LogP contribution is -2.34. The Kier molecular flexibility index (Phi) is 4.26. The van der Waals surface area contributed by atoms with Crippen molar-refractivity contribution in [2.24, 2.45) is 0 Å². The Balaban J connectivity index is 1.86. The van der Waals surface area contributed by atoms with Gasteiger partial charge >= 0.3 is 6.09 Å². The van der Waals surface area contributed by atoms with Crippen LogP contribution < -0.4 is 10.2 Å². The normalized spacial score (nSPS) is 24.6. The van der Waals surface area contributed by atoms with E-state index in [9.17, 15) is 9.59 Å². The fraction of sp³-hybridized carbons (Fsp3) is 0.529. The van der Waals surface area contributed by atoms with Crippen molar-refractivity contribution in [2.45, 2.75) is 38.7 Å². The maximum atomic E-state index is 12.0. The van der Waals surface area contributed by atoms with Crippen LogP contribution in [0.2, 0.25) is 0 Å². The van der Waals surface area contributed by atoms with E-state index in [2.05, 4.69) is 11.4 Å². The van der Waals surface area contributed by atoms with Gasteiger partial charge in [0.2, 0.25) is 5.91 Å². The third-order valence-electron chi connectivity index (χ3n) is 4.66. The van der Waals surface area contributed by atoms with Gasteiger partial charge in [0.15, 0.2) is 0 Å². The summed E-state index contributed by atoms with van der Waals surface area (Å²) in [6.45, 7) is 4.87. The third-order valence-corrected chi connectivity index (χ3v) is 4.66. The topological polar surface area (TPSA) is 78.9 Å². The van der Waals surface area contributed by atoms with E-state index in [-0.39, 0.29) is 12.5 Å². The Bertz CT molecular complexity index is 634. The molecule has 0 aliphatic carbocycles. The molecule has 1 aromatic rings. The van der Waals surface area contributed by atoms with Gasteiger partial charge in [0.25, 0.3) is 0 Å². The minimum atomic E-state index is -0.463. The maximum absolute atomic E-state index is 12.0. The van der Waals surface area contributed by atoms with E-state index >= 15 is 0 Å². The number of piperidine rings is 1. The molecule has 2 amide bonds. The molecule has 0 radical (unpaired) electrons. The SMILES string of the molecule is Cc1cc(N2C[C@H](CO)OC2=O)c(C)cc1C1CCC(=O)NC1. The van der Waals surface area contributed by atoms with Gasteiger partial charge in [0.05, 0.1) is 18.8 Å². The molecule has 2 aliphatic rings. The summed E-state index contributed by atoms with van der Waals surface area (Å²) in [5, 5.41) is 12.1. The Hall–Kier alpha value is -2.08. The summed E-state index contributed by atoms with van der Waals surface area (Å²) in [5.74, 6) is 0.429. The number of hydrogen-bond acceptors (Lipinski definition) is 4. The number of aliphatic hydroxyl groups excluding tert-OH is 1. The lowest BCUT2D eigenvalue weighted by atomic mass is 9.87. The standard InChI is InChI=1S/C17H22N2O4/c1-10-6-15(19-8-13(9-20)23-17(19)22)11(2)5-14(10)12-3-4-16(21)18-7-12/h5-6,12-13,20H,3-4,7-9H2,1-2H3,(H,18,21)/t12?,13-/m1/s1. The quantitative estimate of drug-likeness (QED) is 0.887. The van der Waals surface area contributed by atoms with E-state index in [0.29, 0.717) is 25.4 Å². The number of aliphatic hydroxyl groups is 1. The second kappa shape index (κ2) is 6.20. The van der Waals surface area contributed by atoms with Crippen molar-refractivity contribution in [3.8, 4) is 0 Å². The van der Waals surface area contributed by atoms with Crippen molar-refractivity contribution < 1.29 is 19.4 Å². The molecule has 124 valence electrons. The molecular weight excluding hydrogens is 296 g/mol. The summed E-state index contributed by atoms with van der Waals surface area (Å²) >= 11 is 0. The van der Waals surface area contributed by atoms with Crippen molar-refractivity contribution >= 4 is 17.7 Å². The molecule has 6 nitrogen and oxygen atoms in total.